The van der Waals surface area contributed by atoms with Crippen LogP contribution in [-0.2, 0) is 11.3 Å². The summed E-state index contributed by atoms with van der Waals surface area (Å²) in [4.78, 5) is 28.8. The van der Waals surface area contributed by atoms with Crippen molar-refractivity contribution in [2.75, 3.05) is 0 Å². The average Bonchev–Trinajstić information content (AvgIpc) is 3.14. The van der Waals surface area contributed by atoms with E-state index < -0.39 is 0 Å². The molecule has 0 aliphatic rings. The molecule has 0 aliphatic carbocycles. The molecule has 2 aromatic heterocycles. The smallest absolute Gasteiger partial charge is 0.274 e. The van der Waals surface area contributed by atoms with E-state index in [2.05, 4.69) is 15.5 Å². The van der Waals surface area contributed by atoms with Crippen LogP contribution < -0.4 is 10.9 Å². The Morgan fingerprint density at radius 3 is 2.69 bits per heavy atom. The Bertz CT molecular complexity index is 947. The van der Waals surface area contributed by atoms with Crippen LogP contribution in [0.5, 0.6) is 0 Å². The van der Waals surface area contributed by atoms with Crippen molar-refractivity contribution in [1.82, 2.24) is 20.0 Å². The summed E-state index contributed by atoms with van der Waals surface area (Å²) < 4.78 is 6.67. The molecule has 134 valence electrons. The van der Waals surface area contributed by atoms with Gasteiger partial charge in [0.1, 0.15) is 12.2 Å². The van der Waals surface area contributed by atoms with E-state index in [9.17, 15) is 9.59 Å². The summed E-state index contributed by atoms with van der Waals surface area (Å²) in [5, 5.41) is 6.82. The molecule has 0 radical (unpaired) electrons. The maximum Gasteiger partial charge on any atom is 0.274 e. The standard InChI is InChI=1S/C19H20N4O3/c1-3-13(2)20-16(24)12-23-15(10-7-11-17(23)25)19-21-18(22-26-19)14-8-5-4-6-9-14/h4-11,13H,3,12H2,1-2H3,(H,20,24)/t13-/m0/s1. The fourth-order valence-corrected chi connectivity index (χ4v) is 2.47. The molecule has 0 saturated heterocycles. The first kappa shape index (κ1) is 17.6. The first-order valence-electron chi connectivity index (χ1n) is 8.47. The van der Waals surface area contributed by atoms with E-state index in [0.717, 1.165) is 12.0 Å². The fourth-order valence-electron chi connectivity index (χ4n) is 2.47. The van der Waals surface area contributed by atoms with Crippen LogP contribution >= 0.6 is 0 Å². The van der Waals surface area contributed by atoms with Crippen LogP contribution in [0.4, 0.5) is 0 Å². The van der Waals surface area contributed by atoms with Crippen LogP contribution in [0.1, 0.15) is 20.3 Å². The highest BCUT2D eigenvalue weighted by molar-refractivity contribution is 5.76. The van der Waals surface area contributed by atoms with Gasteiger partial charge >= 0.3 is 0 Å². The van der Waals surface area contributed by atoms with Gasteiger partial charge in [0.2, 0.25) is 11.7 Å². The zero-order chi connectivity index (χ0) is 18.5. The number of nitrogens with one attached hydrogen (secondary N) is 1. The van der Waals surface area contributed by atoms with Gasteiger partial charge in [0.25, 0.3) is 11.4 Å². The first-order valence-corrected chi connectivity index (χ1v) is 8.47. The van der Waals surface area contributed by atoms with E-state index in [0.29, 0.717) is 11.5 Å². The van der Waals surface area contributed by atoms with Gasteiger partial charge < -0.3 is 9.84 Å². The minimum absolute atomic E-state index is 0.0402. The van der Waals surface area contributed by atoms with Gasteiger partial charge in [-0.1, -0.05) is 48.5 Å². The predicted octanol–water partition coefficient (Wildman–Crippen LogP) is 2.48. The topological polar surface area (TPSA) is 90.0 Å². The lowest BCUT2D eigenvalue weighted by molar-refractivity contribution is -0.122. The van der Waals surface area contributed by atoms with E-state index in [-0.39, 0.29) is 29.9 Å². The first-order chi connectivity index (χ1) is 12.6. The molecule has 0 spiro atoms. The molecule has 1 amide bonds. The molecule has 1 N–H and O–H groups in total. The monoisotopic (exact) mass is 352 g/mol. The number of amides is 1. The van der Waals surface area contributed by atoms with Crippen molar-refractivity contribution in [1.29, 1.82) is 0 Å². The second-order valence-corrected chi connectivity index (χ2v) is 6.00. The Hall–Kier alpha value is -3.22. The van der Waals surface area contributed by atoms with Crippen molar-refractivity contribution in [2.24, 2.45) is 0 Å². The molecule has 3 aromatic rings. The number of carbonyl (C=O) groups excluding carboxylic acids is 1. The van der Waals surface area contributed by atoms with Gasteiger partial charge in [0.05, 0.1) is 0 Å². The lowest BCUT2D eigenvalue weighted by Crippen LogP contribution is -2.37. The summed E-state index contributed by atoms with van der Waals surface area (Å²) in [6, 6.07) is 14.1. The molecule has 1 aromatic carbocycles. The Labute approximate surface area is 150 Å². The second kappa shape index (κ2) is 7.77. The Balaban J connectivity index is 1.92. The summed E-state index contributed by atoms with van der Waals surface area (Å²) in [7, 11) is 0. The summed E-state index contributed by atoms with van der Waals surface area (Å²) in [5.41, 5.74) is 0.912. The molecule has 26 heavy (non-hydrogen) atoms. The molecule has 0 bridgehead atoms. The molecule has 2 heterocycles. The Morgan fingerprint density at radius 2 is 1.96 bits per heavy atom. The van der Waals surface area contributed by atoms with Gasteiger partial charge in [0, 0.05) is 17.7 Å². The number of pyridine rings is 1. The maximum atomic E-state index is 12.3. The molecule has 0 aliphatic heterocycles. The molecule has 7 heteroatoms. The molecule has 7 nitrogen and oxygen atoms in total. The van der Waals surface area contributed by atoms with Crippen molar-refractivity contribution in [3.63, 3.8) is 0 Å². The molecular formula is C19H20N4O3. The van der Waals surface area contributed by atoms with Crippen LogP contribution in [0.25, 0.3) is 23.0 Å². The summed E-state index contributed by atoms with van der Waals surface area (Å²) in [5.74, 6) is 0.377. The van der Waals surface area contributed by atoms with Gasteiger partial charge in [-0.3, -0.25) is 14.2 Å². The summed E-state index contributed by atoms with van der Waals surface area (Å²) >= 11 is 0. The summed E-state index contributed by atoms with van der Waals surface area (Å²) in [6.07, 6.45) is 0.812. The number of benzene rings is 1. The highest BCUT2D eigenvalue weighted by Crippen LogP contribution is 2.21. The lowest BCUT2D eigenvalue weighted by Gasteiger charge is -2.13. The van der Waals surface area contributed by atoms with Crippen LogP contribution in [-0.4, -0.2) is 26.7 Å². The zero-order valence-corrected chi connectivity index (χ0v) is 14.7. The Kier molecular flexibility index (Phi) is 5.26. The third-order valence-corrected chi connectivity index (χ3v) is 4.05. The third kappa shape index (κ3) is 3.88. The van der Waals surface area contributed by atoms with E-state index in [4.69, 9.17) is 4.52 Å². The number of aromatic nitrogens is 3. The maximum absolute atomic E-state index is 12.3. The van der Waals surface area contributed by atoms with E-state index in [1.54, 1.807) is 12.1 Å². The van der Waals surface area contributed by atoms with Crippen LogP contribution in [0.2, 0.25) is 0 Å². The number of hydrogen-bond acceptors (Lipinski definition) is 5. The largest absolute Gasteiger partial charge is 0.352 e. The number of nitrogens with zero attached hydrogens (tertiary/aromatic N) is 3. The van der Waals surface area contributed by atoms with Crippen molar-refractivity contribution in [2.45, 2.75) is 32.9 Å². The lowest BCUT2D eigenvalue weighted by atomic mass is 10.2. The number of carbonyl (C=O) groups is 1. The van der Waals surface area contributed by atoms with Crippen molar-refractivity contribution in [3.05, 3.63) is 58.9 Å². The van der Waals surface area contributed by atoms with Gasteiger partial charge in [-0.25, -0.2) is 0 Å². The predicted molar refractivity (Wildman–Crippen MR) is 97.3 cm³/mol. The third-order valence-electron chi connectivity index (χ3n) is 4.05. The quantitative estimate of drug-likeness (QED) is 0.736. The molecular weight excluding hydrogens is 332 g/mol. The van der Waals surface area contributed by atoms with Crippen LogP contribution in [0.15, 0.2) is 57.8 Å². The molecule has 0 fully saturated rings. The molecule has 1 atom stereocenters. The molecule has 3 rings (SSSR count). The number of rotatable bonds is 6. The van der Waals surface area contributed by atoms with Gasteiger partial charge in [-0.15, -0.1) is 0 Å². The Morgan fingerprint density at radius 1 is 1.19 bits per heavy atom. The summed E-state index contributed by atoms with van der Waals surface area (Å²) in [6.45, 7) is 3.79. The van der Waals surface area contributed by atoms with Crippen molar-refractivity contribution in [3.8, 4) is 23.0 Å². The van der Waals surface area contributed by atoms with Gasteiger partial charge in [-0.2, -0.15) is 4.98 Å². The van der Waals surface area contributed by atoms with Crippen LogP contribution in [0, 0.1) is 0 Å². The van der Waals surface area contributed by atoms with Crippen molar-refractivity contribution < 1.29 is 9.32 Å². The molecule has 0 unspecified atom stereocenters. The van der Waals surface area contributed by atoms with E-state index in [1.807, 2.05) is 44.2 Å². The SMILES string of the molecule is CC[C@H](C)NC(=O)Cn1c(-c2nc(-c3ccccc3)no2)cccc1=O. The molecule has 0 saturated carbocycles. The van der Waals surface area contributed by atoms with E-state index >= 15 is 0 Å². The van der Waals surface area contributed by atoms with Gasteiger partial charge in [-0.05, 0) is 19.4 Å². The minimum Gasteiger partial charge on any atom is -0.352 e. The van der Waals surface area contributed by atoms with Crippen LogP contribution in [0.3, 0.4) is 0 Å². The normalized spacial score (nSPS) is 11.9. The minimum atomic E-state index is -0.304. The van der Waals surface area contributed by atoms with E-state index in [1.165, 1.54) is 10.6 Å². The number of hydrogen-bond donors (Lipinski definition) is 1. The second-order valence-electron chi connectivity index (χ2n) is 6.00. The fraction of sp³-hybridized carbons (Fsp3) is 0.263. The van der Waals surface area contributed by atoms with Gasteiger partial charge in [0.15, 0.2) is 0 Å². The average molecular weight is 352 g/mol. The highest BCUT2D eigenvalue weighted by atomic mass is 16.5. The van der Waals surface area contributed by atoms with Crippen molar-refractivity contribution >= 4 is 5.91 Å². The zero-order valence-electron chi connectivity index (χ0n) is 14.7. The highest BCUT2D eigenvalue weighted by Gasteiger charge is 2.17.